The van der Waals surface area contributed by atoms with E-state index in [0.717, 1.165) is 24.3 Å². The van der Waals surface area contributed by atoms with Crippen molar-refractivity contribution < 1.29 is 9.13 Å². The van der Waals surface area contributed by atoms with Crippen molar-refractivity contribution in [2.75, 3.05) is 6.54 Å². The van der Waals surface area contributed by atoms with Crippen molar-refractivity contribution in [3.05, 3.63) is 59.2 Å². The van der Waals surface area contributed by atoms with Crippen LogP contribution in [0.15, 0.2) is 36.5 Å². The number of aromatic nitrogens is 1. The molecule has 0 fully saturated rings. The molecule has 1 heterocycles. The van der Waals surface area contributed by atoms with Crippen LogP contribution in [0.3, 0.4) is 0 Å². The summed E-state index contributed by atoms with van der Waals surface area (Å²) in [7, 11) is 0. The summed E-state index contributed by atoms with van der Waals surface area (Å²) in [6.07, 6.45) is 1.65. The third kappa shape index (κ3) is 4.03. The molecule has 1 aromatic carbocycles. The lowest BCUT2D eigenvalue weighted by Crippen LogP contribution is -2.12. The van der Waals surface area contributed by atoms with Gasteiger partial charge in [0.25, 0.3) is 0 Å². The standard InChI is InChI=1S/C16H19FN2O/c1-3-18-9-13-5-7-16(17)14(8-13)11-20-15-6-4-12(2)19-10-15/h4-8,10,18H,3,9,11H2,1-2H3. The van der Waals surface area contributed by atoms with Gasteiger partial charge < -0.3 is 10.1 Å². The number of rotatable bonds is 6. The molecule has 1 N–H and O–H groups in total. The van der Waals surface area contributed by atoms with Crippen molar-refractivity contribution in [2.45, 2.75) is 27.0 Å². The Labute approximate surface area is 118 Å². The summed E-state index contributed by atoms with van der Waals surface area (Å²) in [5.41, 5.74) is 2.53. The second-order valence-corrected chi connectivity index (χ2v) is 4.63. The van der Waals surface area contributed by atoms with Crippen LogP contribution in [-0.2, 0) is 13.2 Å². The van der Waals surface area contributed by atoms with Crippen LogP contribution >= 0.6 is 0 Å². The van der Waals surface area contributed by atoms with Crippen molar-refractivity contribution in [3.8, 4) is 5.75 Å². The van der Waals surface area contributed by atoms with E-state index < -0.39 is 0 Å². The van der Waals surface area contributed by atoms with Crippen LogP contribution in [0.5, 0.6) is 5.75 Å². The smallest absolute Gasteiger partial charge is 0.138 e. The lowest BCUT2D eigenvalue weighted by molar-refractivity contribution is 0.298. The van der Waals surface area contributed by atoms with Crippen molar-refractivity contribution >= 4 is 0 Å². The van der Waals surface area contributed by atoms with Crippen LogP contribution in [0.2, 0.25) is 0 Å². The summed E-state index contributed by atoms with van der Waals surface area (Å²) in [4.78, 5) is 4.14. The Morgan fingerprint density at radius 2 is 2.10 bits per heavy atom. The van der Waals surface area contributed by atoms with Gasteiger partial charge in [0.15, 0.2) is 0 Å². The molecule has 0 amide bonds. The van der Waals surface area contributed by atoms with Gasteiger partial charge >= 0.3 is 0 Å². The van der Waals surface area contributed by atoms with Crippen molar-refractivity contribution in [2.24, 2.45) is 0 Å². The molecule has 1 aromatic heterocycles. The molecule has 0 atom stereocenters. The van der Waals surface area contributed by atoms with Crippen molar-refractivity contribution in [1.82, 2.24) is 10.3 Å². The van der Waals surface area contributed by atoms with Crippen LogP contribution in [-0.4, -0.2) is 11.5 Å². The molecule has 4 heteroatoms. The molecule has 0 bridgehead atoms. The molecule has 0 saturated carbocycles. The molecule has 0 radical (unpaired) electrons. The quantitative estimate of drug-likeness (QED) is 0.878. The first kappa shape index (κ1) is 14.5. The number of nitrogens with zero attached hydrogens (tertiary/aromatic N) is 1. The highest BCUT2D eigenvalue weighted by molar-refractivity contribution is 5.26. The summed E-state index contributed by atoms with van der Waals surface area (Å²) >= 11 is 0. The highest BCUT2D eigenvalue weighted by Crippen LogP contribution is 2.15. The van der Waals surface area contributed by atoms with Crippen LogP contribution in [0, 0.1) is 12.7 Å². The average molecular weight is 274 g/mol. The Hall–Kier alpha value is -1.94. The molecule has 20 heavy (non-hydrogen) atoms. The fourth-order valence-electron chi connectivity index (χ4n) is 1.82. The minimum atomic E-state index is -0.245. The predicted molar refractivity (Wildman–Crippen MR) is 77.1 cm³/mol. The fraction of sp³-hybridized carbons (Fsp3) is 0.312. The van der Waals surface area contributed by atoms with E-state index in [1.807, 2.05) is 32.0 Å². The molecular weight excluding hydrogens is 255 g/mol. The molecule has 0 aliphatic carbocycles. The average Bonchev–Trinajstić information content (AvgIpc) is 2.46. The molecule has 0 aliphatic rings. The van der Waals surface area contributed by atoms with Gasteiger partial charge in [-0.2, -0.15) is 0 Å². The largest absolute Gasteiger partial charge is 0.487 e. The van der Waals surface area contributed by atoms with Crippen LogP contribution in [0.1, 0.15) is 23.7 Å². The fourth-order valence-corrected chi connectivity index (χ4v) is 1.82. The van der Waals surface area contributed by atoms with E-state index in [-0.39, 0.29) is 12.4 Å². The number of hydrogen-bond donors (Lipinski definition) is 1. The lowest BCUT2D eigenvalue weighted by Gasteiger charge is -2.09. The highest BCUT2D eigenvalue weighted by Gasteiger charge is 2.05. The van der Waals surface area contributed by atoms with E-state index in [1.165, 1.54) is 6.07 Å². The van der Waals surface area contributed by atoms with Gasteiger partial charge in [0.1, 0.15) is 18.2 Å². The van der Waals surface area contributed by atoms with Crippen LogP contribution in [0.25, 0.3) is 0 Å². The summed E-state index contributed by atoms with van der Waals surface area (Å²) in [5, 5.41) is 3.22. The van der Waals surface area contributed by atoms with E-state index >= 15 is 0 Å². The Kier molecular flexibility index (Phi) is 5.07. The zero-order valence-electron chi connectivity index (χ0n) is 11.8. The second kappa shape index (κ2) is 7.01. The van der Waals surface area contributed by atoms with Crippen molar-refractivity contribution in [3.63, 3.8) is 0 Å². The van der Waals surface area contributed by atoms with Gasteiger partial charge in [-0.3, -0.25) is 4.98 Å². The first-order valence-electron chi connectivity index (χ1n) is 6.72. The molecule has 0 unspecified atom stereocenters. The number of ether oxygens (including phenoxy) is 1. The molecule has 106 valence electrons. The molecule has 0 saturated heterocycles. The zero-order valence-corrected chi connectivity index (χ0v) is 11.8. The van der Waals surface area contributed by atoms with Gasteiger partial charge in [-0.05, 0) is 43.3 Å². The van der Waals surface area contributed by atoms with E-state index in [2.05, 4.69) is 10.3 Å². The third-order valence-electron chi connectivity index (χ3n) is 2.97. The van der Waals surface area contributed by atoms with Gasteiger partial charge in [0.05, 0.1) is 6.20 Å². The van der Waals surface area contributed by atoms with E-state index in [0.29, 0.717) is 11.3 Å². The first-order chi connectivity index (χ1) is 9.69. The van der Waals surface area contributed by atoms with Gasteiger partial charge in [-0.15, -0.1) is 0 Å². The molecule has 2 aromatic rings. The topological polar surface area (TPSA) is 34.1 Å². The Bertz CT molecular complexity index is 555. The van der Waals surface area contributed by atoms with E-state index in [1.54, 1.807) is 12.3 Å². The van der Waals surface area contributed by atoms with Crippen LogP contribution < -0.4 is 10.1 Å². The maximum absolute atomic E-state index is 13.7. The summed E-state index contributed by atoms with van der Waals surface area (Å²) in [6, 6.07) is 8.81. The number of halogens is 1. The Morgan fingerprint density at radius 1 is 1.25 bits per heavy atom. The summed E-state index contributed by atoms with van der Waals surface area (Å²) < 4.78 is 19.3. The van der Waals surface area contributed by atoms with Gasteiger partial charge in [-0.1, -0.05) is 13.0 Å². The highest BCUT2D eigenvalue weighted by atomic mass is 19.1. The number of hydrogen-bond acceptors (Lipinski definition) is 3. The normalized spacial score (nSPS) is 10.6. The minimum absolute atomic E-state index is 0.205. The molecule has 2 rings (SSSR count). The monoisotopic (exact) mass is 274 g/mol. The first-order valence-corrected chi connectivity index (χ1v) is 6.72. The molecule has 0 spiro atoms. The SMILES string of the molecule is CCNCc1ccc(F)c(COc2ccc(C)nc2)c1. The number of nitrogens with one attached hydrogen (secondary N) is 1. The van der Waals surface area contributed by atoms with Crippen molar-refractivity contribution in [1.29, 1.82) is 0 Å². The van der Waals surface area contributed by atoms with E-state index in [9.17, 15) is 4.39 Å². The number of aryl methyl sites for hydroxylation is 1. The number of pyridine rings is 1. The maximum atomic E-state index is 13.7. The van der Waals surface area contributed by atoms with Gasteiger partial charge in [-0.25, -0.2) is 4.39 Å². The Morgan fingerprint density at radius 3 is 2.80 bits per heavy atom. The zero-order chi connectivity index (χ0) is 14.4. The molecular formula is C16H19FN2O. The predicted octanol–water partition coefficient (Wildman–Crippen LogP) is 3.22. The maximum Gasteiger partial charge on any atom is 0.138 e. The minimum Gasteiger partial charge on any atom is -0.487 e. The van der Waals surface area contributed by atoms with E-state index in [4.69, 9.17) is 4.74 Å². The van der Waals surface area contributed by atoms with Gasteiger partial charge in [0.2, 0.25) is 0 Å². The molecule has 3 nitrogen and oxygen atoms in total. The summed E-state index contributed by atoms with van der Waals surface area (Å²) in [5.74, 6) is 0.400. The third-order valence-corrected chi connectivity index (χ3v) is 2.97. The van der Waals surface area contributed by atoms with Crippen LogP contribution in [0.4, 0.5) is 4.39 Å². The Balaban J connectivity index is 2.02. The summed E-state index contributed by atoms with van der Waals surface area (Å²) in [6.45, 7) is 5.77. The second-order valence-electron chi connectivity index (χ2n) is 4.63. The lowest BCUT2D eigenvalue weighted by atomic mass is 10.1. The molecule has 0 aliphatic heterocycles. The van der Waals surface area contributed by atoms with Gasteiger partial charge in [0, 0.05) is 17.8 Å². The number of benzene rings is 1.